The summed E-state index contributed by atoms with van der Waals surface area (Å²) in [6.07, 6.45) is -0.145. The predicted octanol–water partition coefficient (Wildman–Crippen LogP) is 1.92. The van der Waals surface area contributed by atoms with Gasteiger partial charge in [0.25, 0.3) is 0 Å². The smallest absolute Gasteiger partial charge is 0.0712 e. The number of hydrogen-bond acceptors (Lipinski definition) is 3. The summed E-state index contributed by atoms with van der Waals surface area (Å²) in [5.74, 6) is 2.52. The summed E-state index contributed by atoms with van der Waals surface area (Å²) in [6.45, 7) is 1.72. The highest BCUT2D eigenvalue weighted by Gasteiger charge is 2.24. The summed E-state index contributed by atoms with van der Waals surface area (Å²) in [5.41, 5.74) is 1.36. The van der Waals surface area contributed by atoms with Crippen LogP contribution in [-0.4, -0.2) is 30.1 Å². The second kappa shape index (κ2) is 7.17. The Morgan fingerprint density at radius 1 is 1.25 bits per heavy atom. The Morgan fingerprint density at radius 3 is 2.62 bits per heavy atom. The maximum Gasteiger partial charge on any atom is 0.0712 e. The van der Waals surface area contributed by atoms with Crippen LogP contribution in [0.3, 0.4) is 0 Å². The van der Waals surface area contributed by atoms with Crippen molar-refractivity contribution in [1.29, 1.82) is 0 Å². The lowest BCUT2D eigenvalue weighted by Gasteiger charge is -2.12. The van der Waals surface area contributed by atoms with Gasteiger partial charge in [0.05, 0.1) is 6.10 Å². The van der Waals surface area contributed by atoms with Crippen LogP contribution in [0.1, 0.15) is 5.56 Å². The van der Waals surface area contributed by atoms with Gasteiger partial charge in [-0.3, -0.25) is 0 Å². The summed E-state index contributed by atoms with van der Waals surface area (Å²) >= 11 is 1.91. The topological polar surface area (TPSA) is 32.3 Å². The van der Waals surface area contributed by atoms with Crippen LogP contribution in [0.15, 0.2) is 30.3 Å². The highest BCUT2D eigenvalue weighted by molar-refractivity contribution is 7.98. The molecule has 2 rings (SSSR count). The molecule has 2 N–H and O–H groups in total. The minimum absolute atomic E-state index is 0. The minimum Gasteiger partial charge on any atom is -0.391 e. The second-order valence-electron chi connectivity index (χ2n) is 3.99. The number of nitrogens with one attached hydrogen (secondary N) is 1. The number of thioether (sulfide) groups is 1. The van der Waals surface area contributed by atoms with Gasteiger partial charge in [0, 0.05) is 30.5 Å². The van der Waals surface area contributed by atoms with Crippen molar-refractivity contribution < 1.29 is 5.11 Å². The predicted molar refractivity (Wildman–Crippen MR) is 72.2 cm³/mol. The molecule has 0 spiro atoms. The van der Waals surface area contributed by atoms with E-state index in [-0.39, 0.29) is 18.5 Å². The summed E-state index contributed by atoms with van der Waals surface area (Å²) in [5, 5.41) is 12.8. The van der Waals surface area contributed by atoms with Crippen LogP contribution in [0, 0.1) is 5.92 Å². The molecule has 0 unspecified atom stereocenters. The van der Waals surface area contributed by atoms with Crippen LogP contribution >= 0.6 is 24.2 Å². The molecule has 0 amide bonds. The van der Waals surface area contributed by atoms with Gasteiger partial charge < -0.3 is 10.4 Å². The van der Waals surface area contributed by atoms with Gasteiger partial charge in [0.1, 0.15) is 0 Å². The van der Waals surface area contributed by atoms with Crippen LogP contribution in [0.4, 0.5) is 0 Å². The van der Waals surface area contributed by atoms with Crippen LogP contribution in [0.25, 0.3) is 0 Å². The molecule has 16 heavy (non-hydrogen) atoms. The fraction of sp³-hybridized carbons (Fsp3) is 0.500. The lowest BCUT2D eigenvalue weighted by atomic mass is 10.1. The van der Waals surface area contributed by atoms with E-state index >= 15 is 0 Å². The van der Waals surface area contributed by atoms with Crippen LogP contribution in [0.2, 0.25) is 0 Å². The van der Waals surface area contributed by atoms with Crippen molar-refractivity contribution in [2.45, 2.75) is 11.9 Å². The molecule has 1 fully saturated rings. The molecule has 2 atom stereocenters. The molecule has 2 nitrogen and oxygen atoms in total. The number of halogens is 1. The summed E-state index contributed by atoms with van der Waals surface area (Å²) in [6, 6.07) is 10.5. The standard InChI is InChI=1S/C12H17NOS.ClH/c14-12-7-13-6-11(12)9-15-8-10-4-2-1-3-5-10;/h1-5,11-14H,6-9H2;1H/t11-,12+;/m1./s1. The normalized spacial score (nSPS) is 24.1. The van der Waals surface area contributed by atoms with E-state index < -0.39 is 0 Å². The minimum atomic E-state index is -0.145. The number of rotatable bonds is 4. The number of benzene rings is 1. The highest BCUT2D eigenvalue weighted by atomic mass is 35.5. The lowest BCUT2D eigenvalue weighted by Crippen LogP contribution is -2.19. The zero-order valence-electron chi connectivity index (χ0n) is 9.13. The molecule has 1 aliphatic rings. The van der Waals surface area contributed by atoms with Crippen LogP contribution in [0.5, 0.6) is 0 Å². The average molecular weight is 260 g/mol. The van der Waals surface area contributed by atoms with Gasteiger partial charge >= 0.3 is 0 Å². The van der Waals surface area contributed by atoms with Crippen molar-refractivity contribution in [3.05, 3.63) is 35.9 Å². The first-order valence-electron chi connectivity index (χ1n) is 5.36. The quantitative estimate of drug-likeness (QED) is 0.867. The number of β-amino-alcohol motifs (C(OH)–C–C–N with tert-alkyl or cyclic N) is 1. The van der Waals surface area contributed by atoms with Crippen molar-refractivity contribution in [2.24, 2.45) is 5.92 Å². The van der Waals surface area contributed by atoms with Crippen molar-refractivity contribution in [3.8, 4) is 0 Å². The molecule has 1 aromatic rings. The van der Waals surface area contributed by atoms with Gasteiger partial charge in [-0.1, -0.05) is 30.3 Å². The zero-order chi connectivity index (χ0) is 10.5. The highest BCUT2D eigenvalue weighted by Crippen LogP contribution is 2.19. The molecular weight excluding hydrogens is 242 g/mol. The molecule has 0 aliphatic carbocycles. The molecule has 1 aliphatic heterocycles. The van der Waals surface area contributed by atoms with E-state index in [1.807, 2.05) is 17.8 Å². The maximum absolute atomic E-state index is 9.61. The summed E-state index contributed by atoms with van der Waals surface area (Å²) < 4.78 is 0. The molecule has 90 valence electrons. The van der Waals surface area contributed by atoms with Gasteiger partial charge in [-0.15, -0.1) is 12.4 Å². The molecule has 4 heteroatoms. The van der Waals surface area contributed by atoms with Gasteiger partial charge in [0.15, 0.2) is 0 Å². The number of aliphatic hydroxyl groups excluding tert-OH is 1. The Hall–Kier alpha value is -0.220. The first kappa shape index (κ1) is 13.8. The fourth-order valence-electron chi connectivity index (χ4n) is 1.79. The fourth-order valence-corrected chi connectivity index (χ4v) is 2.98. The Kier molecular flexibility index (Phi) is 6.21. The largest absolute Gasteiger partial charge is 0.391 e. The Labute approximate surface area is 107 Å². The number of aliphatic hydroxyl groups is 1. The first-order chi connectivity index (χ1) is 7.36. The van der Waals surface area contributed by atoms with Gasteiger partial charge in [-0.25, -0.2) is 0 Å². The number of hydrogen-bond donors (Lipinski definition) is 2. The van der Waals surface area contributed by atoms with E-state index in [1.54, 1.807) is 0 Å². The molecule has 1 saturated heterocycles. The first-order valence-corrected chi connectivity index (χ1v) is 6.52. The maximum atomic E-state index is 9.61. The van der Waals surface area contributed by atoms with E-state index in [1.165, 1.54) is 5.56 Å². The van der Waals surface area contributed by atoms with Crippen molar-refractivity contribution >= 4 is 24.2 Å². The average Bonchev–Trinajstić information content (AvgIpc) is 2.66. The van der Waals surface area contributed by atoms with Crippen molar-refractivity contribution in [1.82, 2.24) is 5.32 Å². The van der Waals surface area contributed by atoms with E-state index in [9.17, 15) is 5.11 Å². The van der Waals surface area contributed by atoms with Gasteiger partial charge in [-0.2, -0.15) is 11.8 Å². The molecule has 0 aromatic heterocycles. The summed E-state index contributed by atoms with van der Waals surface area (Å²) in [4.78, 5) is 0. The van der Waals surface area contributed by atoms with Gasteiger partial charge in [0.2, 0.25) is 0 Å². The third kappa shape index (κ3) is 3.98. The third-order valence-corrected chi connectivity index (χ3v) is 3.95. The lowest BCUT2D eigenvalue weighted by molar-refractivity contribution is 0.158. The van der Waals surface area contributed by atoms with Gasteiger partial charge in [-0.05, 0) is 5.56 Å². The van der Waals surface area contributed by atoms with Crippen LogP contribution < -0.4 is 5.32 Å². The van der Waals surface area contributed by atoms with E-state index in [4.69, 9.17) is 0 Å². The summed E-state index contributed by atoms with van der Waals surface area (Å²) in [7, 11) is 0. The van der Waals surface area contributed by atoms with E-state index in [0.29, 0.717) is 5.92 Å². The molecule has 0 radical (unpaired) electrons. The Morgan fingerprint density at radius 2 is 2.00 bits per heavy atom. The van der Waals surface area contributed by atoms with Crippen LogP contribution in [-0.2, 0) is 5.75 Å². The van der Waals surface area contributed by atoms with E-state index in [2.05, 4.69) is 29.6 Å². The Balaban J connectivity index is 0.00000128. The van der Waals surface area contributed by atoms with E-state index in [0.717, 1.165) is 24.6 Å². The van der Waals surface area contributed by atoms with Crippen molar-refractivity contribution in [3.63, 3.8) is 0 Å². The molecule has 1 aromatic carbocycles. The molecule has 0 saturated carbocycles. The van der Waals surface area contributed by atoms with Crippen molar-refractivity contribution in [2.75, 3.05) is 18.8 Å². The SMILES string of the molecule is Cl.O[C@H]1CNC[C@@H]1CSCc1ccccc1. The third-order valence-electron chi connectivity index (χ3n) is 2.75. The zero-order valence-corrected chi connectivity index (χ0v) is 10.8. The second-order valence-corrected chi connectivity index (χ2v) is 5.02. The molecule has 1 heterocycles. The monoisotopic (exact) mass is 259 g/mol. The molecule has 0 bridgehead atoms. The molecular formula is C12H18ClNOS. The Bertz CT molecular complexity index is 296.